The predicted octanol–water partition coefficient (Wildman–Crippen LogP) is 7.28. The number of fused-ring (bicyclic) bond motifs is 1. The molecule has 0 fully saturated rings. The number of ether oxygens (including phenoxy) is 1. The quantitative estimate of drug-likeness (QED) is 0.223. The van der Waals surface area contributed by atoms with E-state index in [0.29, 0.717) is 11.4 Å². The van der Waals surface area contributed by atoms with Crippen molar-refractivity contribution in [2.24, 2.45) is 0 Å². The van der Waals surface area contributed by atoms with E-state index in [0.717, 1.165) is 41.8 Å². The first kappa shape index (κ1) is 27.0. The molecule has 0 saturated carbocycles. The van der Waals surface area contributed by atoms with Crippen LogP contribution in [0.1, 0.15) is 41.2 Å². The summed E-state index contributed by atoms with van der Waals surface area (Å²) < 4.78 is 5.49. The third-order valence-electron chi connectivity index (χ3n) is 7.91. The molecule has 0 spiro atoms. The summed E-state index contributed by atoms with van der Waals surface area (Å²) in [6.45, 7) is 4.19. The van der Waals surface area contributed by atoms with Gasteiger partial charge < -0.3 is 20.7 Å². The average Bonchev–Trinajstić information content (AvgIpc) is 3.35. The summed E-state index contributed by atoms with van der Waals surface area (Å²) in [6, 6.07) is 29.5. The molecule has 0 aliphatic heterocycles. The van der Waals surface area contributed by atoms with Crippen LogP contribution in [0.15, 0.2) is 91.0 Å². The van der Waals surface area contributed by atoms with Gasteiger partial charge in [-0.25, -0.2) is 4.79 Å². The molecule has 5 rings (SSSR count). The summed E-state index contributed by atoms with van der Waals surface area (Å²) in [5.74, 6) is 0.364. The maximum Gasteiger partial charge on any atom is 0.323 e. The Morgan fingerprint density at radius 2 is 1.45 bits per heavy atom. The van der Waals surface area contributed by atoms with Gasteiger partial charge in [0.15, 0.2) is 0 Å². The van der Waals surface area contributed by atoms with Crippen LogP contribution in [0.4, 0.5) is 21.9 Å². The summed E-state index contributed by atoms with van der Waals surface area (Å²) in [7, 11) is 1.54. The van der Waals surface area contributed by atoms with Crippen LogP contribution in [0.3, 0.4) is 0 Å². The summed E-state index contributed by atoms with van der Waals surface area (Å²) in [4.78, 5) is 25.4. The SMILES string of the molecule is CCC1(c2ccc(NC(=O)Cc3ccc(NC(=O)Nc4ccccc4C)c(OC)c3)cc2)Cc2ccccc2C1. The predicted molar refractivity (Wildman–Crippen MR) is 161 cm³/mol. The summed E-state index contributed by atoms with van der Waals surface area (Å²) in [5, 5.41) is 8.68. The number of para-hydroxylation sites is 1. The van der Waals surface area contributed by atoms with Gasteiger partial charge in [-0.2, -0.15) is 0 Å². The molecule has 0 aromatic heterocycles. The Morgan fingerprint density at radius 1 is 0.800 bits per heavy atom. The number of amides is 3. The number of urea groups is 1. The molecule has 0 bridgehead atoms. The highest BCUT2D eigenvalue weighted by molar-refractivity contribution is 6.01. The number of carbonyl (C=O) groups excluding carboxylic acids is 2. The number of hydrogen-bond donors (Lipinski definition) is 3. The largest absolute Gasteiger partial charge is 0.495 e. The lowest BCUT2D eigenvalue weighted by molar-refractivity contribution is -0.115. The van der Waals surface area contributed by atoms with Crippen LogP contribution in [0.5, 0.6) is 5.75 Å². The second-order valence-corrected chi connectivity index (χ2v) is 10.5. The van der Waals surface area contributed by atoms with Crippen LogP contribution in [0.2, 0.25) is 0 Å². The third kappa shape index (κ3) is 5.86. The van der Waals surface area contributed by atoms with E-state index >= 15 is 0 Å². The molecule has 4 aromatic rings. The Hall–Kier alpha value is -4.58. The van der Waals surface area contributed by atoms with Gasteiger partial charge in [-0.15, -0.1) is 0 Å². The number of aryl methyl sites for hydroxylation is 1. The second kappa shape index (κ2) is 11.7. The van der Waals surface area contributed by atoms with Gasteiger partial charge in [0.2, 0.25) is 5.91 Å². The van der Waals surface area contributed by atoms with Gasteiger partial charge in [0.1, 0.15) is 5.75 Å². The number of benzene rings is 4. The van der Waals surface area contributed by atoms with E-state index in [2.05, 4.69) is 59.3 Å². The van der Waals surface area contributed by atoms with Crippen LogP contribution in [0.25, 0.3) is 0 Å². The van der Waals surface area contributed by atoms with E-state index < -0.39 is 0 Å². The lowest BCUT2D eigenvalue weighted by Gasteiger charge is -2.28. The van der Waals surface area contributed by atoms with Crippen molar-refractivity contribution in [1.82, 2.24) is 0 Å². The molecule has 0 radical (unpaired) electrons. The van der Waals surface area contributed by atoms with Crippen molar-refractivity contribution in [1.29, 1.82) is 0 Å². The minimum atomic E-state index is -0.368. The van der Waals surface area contributed by atoms with E-state index in [1.807, 2.05) is 49.4 Å². The van der Waals surface area contributed by atoms with Gasteiger partial charge in [0, 0.05) is 16.8 Å². The van der Waals surface area contributed by atoms with Crippen LogP contribution in [-0.2, 0) is 29.5 Å². The maximum atomic E-state index is 12.9. The highest BCUT2D eigenvalue weighted by Crippen LogP contribution is 2.42. The van der Waals surface area contributed by atoms with Gasteiger partial charge in [-0.3, -0.25) is 4.79 Å². The number of nitrogens with one attached hydrogen (secondary N) is 3. The molecule has 0 atom stereocenters. The Bertz CT molecular complexity index is 1500. The molecule has 0 unspecified atom stereocenters. The van der Waals surface area contributed by atoms with Crippen molar-refractivity contribution < 1.29 is 14.3 Å². The lowest BCUT2D eigenvalue weighted by atomic mass is 9.75. The molecule has 0 saturated heterocycles. The summed E-state index contributed by atoms with van der Waals surface area (Å²) in [5.41, 5.74) is 8.06. The summed E-state index contributed by atoms with van der Waals surface area (Å²) >= 11 is 0. The minimum Gasteiger partial charge on any atom is -0.495 e. The fourth-order valence-electron chi connectivity index (χ4n) is 5.59. The zero-order valence-corrected chi connectivity index (χ0v) is 23.2. The van der Waals surface area contributed by atoms with Crippen LogP contribution >= 0.6 is 0 Å². The Morgan fingerprint density at radius 3 is 2.10 bits per heavy atom. The van der Waals surface area contributed by atoms with Gasteiger partial charge in [0.05, 0.1) is 19.2 Å². The van der Waals surface area contributed by atoms with Crippen molar-refractivity contribution in [3.05, 3.63) is 119 Å². The van der Waals surface area contributed by atoms with Crippen molar-refractivity contribution in [2.75, 3.05) is 23.1 Å². The fraction of sp³-hybridized carbons (Fsp3) is 0.235. The number of hydrogen-bond acceptors (Lipinski definition) is 3. The Balaban J connectivity index is 1.20. The van der Waals surface area contributed by atoms with Crippen LogP contribution in [-0.4, -0.2) is 19.0 Å². The Kier molecular flexibility index (Phi) is 7.87. The first-order valence-corrected chi connectivity index (χ1v) is 13.7. The van der Waals surface area contributed by atoms with Gasteiger partial charge in [0.25, 0.3) is 0 Å². The number of rotatable bonds is 8. The number of carbonyl (C=O) groups is 2. The van der Waals surface area contributed by atoms with Gasteiger partial charge >= 0.3 is 6.03 Å². The molecule has 204 valence electrons. The number of anilines is 3. The molecule has 6 nitrogen and oxygen atoms in total. The zero-order valence-electron chi connectivity index (χ0n) is 23.2. The van der Waals surface area contributed by atoms with Crippen LogP contribution < -0.4 is 20.7 Å². The first-order valence-electron chi connectivity index (χ1n) is 13.7. The molecule has 3 amide bonds. The fourth-order valence-corrected chi connectivity index (χ4v) is 5.59. The molecule has 6 heteroatoms. The highest BCUT2D eigenvalue weighted by atomic mass is 16.5. The molecule has 1 aliphatic rings. The molecule has 40 heavy (non-hydrogen) atoms. The second-order valence-electron chi connectivity index (χ2n) is 10.5. The van der Waals surface area contributed by atoms with E-state index in [1.54, 1.807) is 12.1 Å². The average molecular weight is 534 g/mol. The number of methoxy groups -OCH3 is 1. The van der Waals surface area contributed by atoms with E-state index in [1.165, 1.54) is 23.8 Å². The van der Waals surface area contributed by atoms with Crippen molar-refractivity contribution >= 4 is 29.0 Å². The molecular weight excluding hydrogens is 498 g/mol. The van der Waals surface area contributed by atoms with Crippen molar-refractivity contribution in [3.8, 4) is 5.75 Å². The molecule has 3 N–H and O–H groups in total. The molecular formula is C34H35N3O3. The lowest BCUT2D eigenvalue weighted by Crippen LogP contribution is -2.26. The molecule has 1 aliphatic carbocycles. The molecule has 4 aromatic carbocycles. The highest BCUT2D eigenvalue weighted by Gasteiger charge is 2.36. The normalized spacial score (nSPS) is 13.3. The summed E-state index contributed by atoms with van der Waals surface area (Å²) in [6.07, 6.45) is 3.34. The topological polar surface area (TPSA) is 79.5 Å². The van der Waals surface area contributed by atoms with E-state index in [-0.39, 0.29) is 23.8 Å². The standard InChI is InChI=1S/C34H35N3O3/c1-4-34(21-25-10-6-7-11-26(25)22-34)27-14-16-28(17-15-27)35-32(38)20-24-13-18-30(31(19-24)40-3)37-33(39)36-29-12-8-5-9-23(29)2/h5-19H,4,20-22H2,1-3H3,(H,35,38)(H2,36,37,39). The van der Waals surface area contributed by atoms with E-state index in [9.17, 15) is 9.59 Å². The third-order valence-corrected chi connectivity index (χ3v) is 7.91. The zero-order chi connectivity index (χ0) is 28.1. The minimum absolute atomic E-state index is 0.107. The van der Waals surface area contributed by atoms with Gasteiger partial charge in [-0.05, 0) is 84.3 Å². The van der Waals surface area contributed by atoms with Crippen LogP contribution in [0, 0.1) is 6.92 Å². The van der Waals surface area contributed by atoms with Gasteiger partial charge in [-0.1, -0.05) is 67.6 Å². The van der Waals surface area contributed by atoms with Crippen molar-refractivity contribution in [3.63, 3.8) is 0 Å². The first-order chi connectivity index (χ1) is 19.4. The van der Waals surface area contributed by atoms with Crippen molar-refractivity contribution in [2.45, 2.75) is 44.9 Å². The van der Waals surface area contributed by atoms with E-state index in [4.69, 9.17) is 4.74 Å². The monoisotopic (exact) mass is 533 g/mol. The maximum absolute atomic E-state index is 12.9. The smallest absolute Gasteiger partial charge is 0.323 e. The molecule has 0 heterocycles. The Labute approximate surface area is 235 Å².